The van der Waals surface area contributed by atoms with Crippen LogP contribution in [0.15, 0.2) is 24.3 Å². The molecule has 1 aromatic rings. The molecule has 2 amide bonds. The van der Waals surface area contributed by atoms with Gasteiger partial charge in [-0.15, -0.1) is 0 Å². The van der Waals surface area contributed by atoms with E-state index in [9.17, 15) is 9.59 Å². The van der Waals surface area contributed by atoms with E-state index >= 15 is 0 Å². The van der Waals surface area contributed by atoms with Crippen LogP contribution in [0.3, 0.4) is 0 Å². The van der Waals surface area contributed by atoms with E-state index in [4.69, 9.17) is 5.73 Å². The van der Waals surface area contributed by atoms with Gasteiger partial charge in [-0.25, -0.2) is 0 Å². The van der Waals surface area contributed by atoms with E-state index in [-0.39, 0.29) is 5.91 Å². The smallest absolute Gasteiger partial charge is 0.248 e. The summed E-state index contributed by atoms with van der Waals surface area (Å²) in [4.78, 5) is 22.1. The predicted octanol–water partition coefficient (Wildman–Crippen LogP) is 1.09. The van der Waals surface area contributed by atoms with Gasteiger partial charge in [0.05, 0.1) is 5.75 Å². The molecule has 80 valence electrons. The Kier molecular flexibility index (Phi) is 4.17. The highest BCUT2D eigenvalue weighted by atomic mass is 32.2. The maximum Gasteiger partial charge on any atom is 0.248 e. The van der Waals surface area contributed by atoms with E-state index in [0.717, 1.165) is 0 Å². The maximum absolute atomic E-state index is 11.2. The van der Waals surface area contributed by atoms with Crippen molar-refractivity contribution >= 4 is 29.3 Å². The minimum Gasteiger partial charge on any atom is -0.366 e. The Balaban J connectivity index is 2.73. The highest BCUT2D eigenvalue weighted by Gasteiger charge is 2.04. The molecule has 0 aliphatic heterocycles. The van der Waals surface area contributed by atoms with Crippen LogP contribution in [0.4, 0.5) is 5.69 Å². The first kappa shape index (κ1) is 11.6. The van der Waals surface area contributed by atoms with Crippen LogP contribution in [0.25, 0.3) is 0 Å². The zero-order chi connectivity index (χ0) is 11.3. The Morgan fingerprint density at radius 1 is 1.47 bits per heavy atom. The van der Waals surface area contributed by atoms with Crippen molar-refractivity contribution in [3.8, 4) is 0 Å². The largest absolute Gasteiger partial charge is 0.366 e. The van der Waals surface area contributed by atoms with Gasteiger partial charge in [-0.2, -0.15) is 11.8 Å². The molecule has 0 aromatic heterocycles. The van der Waals surface area contributed by atoms with Crippen LogP contribution < -0.4 is 11.1 Å². The molecule has 1 rings (SSSR count). The standard InChI is InChI=1S/C10H12N2O2S/c1-15-6-9(13)12-8-4-2-3-7(5-8)10(11)14/h2-5H,6H2,1H3,(H2,11,14)(H,12,13). The molecule has 0 bridgehead atoms. The molecule has 3 N–H and O–H groups in total. The molecule has 0 aliphatic carbocycles. The number of carbonyl (C=O) groups is 2. The van der Waals surface area contributed by atoms with E-state index in [2.05, 4.69) is 5.32 Å². The molecule has 0 saturated heterocycles. The average Bonchev–Trinajstić information content (AvgIpc) is 2.18. The minimum atomic E-state index is -0.504. The molecule has 0 atom stereocenters. The fraction of sp³-hybridized carbons (Fsp3) is 0.200. The Morgan fingerprint density at radius 2 is 2.20 bits per heavy atom. The van der Waals surface area contributed by atoms with Crippen LogP contribution in [0.5, 0.6) is 0 Å². The van der Waals surface area contributed by atoms with E-state index in [0.29, 0.717) is 17.0 Å². The summed E-state index contributed by atoms with van der Waals surface area (Å²) in [6.07, 6.45) is 1.85. The number of amides is 2. The average molecular weight is 224 g/mol. The van der Waals surface area contributed by atoms with Gasteiger partial charge in [-0.05, 0) is 24.5 Å². The first-order valence-corrected chi connectivity index (χ1v) is 5.71. The first-order valence-electron chi connectivity index (χ1n) is 4.32. The predicted molar refractivity (Wildman–Crippen MR) is 62.0 cm³/mol. The quantitative estimate of drug-likeness (QED) is 0.804. The summed E-state index contributed by atoms with van der Waals surface area (Å²) in [7, 11) is 0. The lowest BCUT2D eigenvalue weighted by Gasteiger charge is -2.04. The Labute approximate surface area is 92.2 Å². The molecule has 5 heteroatoms. The highest BCUT2D eigenvalue weighted by Crippen LogP contribution is 2.10. The Morgan fingerprint density at radius 3 is 2.80 bits per heavy atom. The van der Waals surface area contributed by atoms with Crippen LogP contribution in [0, 0.1) is 0 Å². The van der Waals surface area contributed by atoms with Crippen molar-refractivity contribution in [2.24, 2.45) is 5.73 Å². The van der Waals surface area contributed by atoms with Crippen LogP contribution in [0.1, 0.15) is 10.4 Å². The third-order valence-corrected chi connectivity index (χ3v) is 2.26. The molecule has 0 radical (unpaired) electrons. The number of hydrogen-bond donors (Lipinski definition) is 2. The SMILES string of the molecule is CSCC(=O)Nc1cccc(C(N)=O)c1. The number of carbonyl (C=O) groups excluding carboxylic acids is 2. The molecule has 4 nitrogen and oxygen atoms in total. The number of thioether (sulfide) groups is 1. The maximum atomic E-state index is 11.2. The van der Waals surface area contributed by atoms with Crippen LogP contribution in [-0.2, 0) is 4.79 Å². The fourth-order valence-electron chi connectivity index (χ4n) is 1.08. The fourth-order valence-corrected chi connectivity index (χ4v) is 1.41. The molecule has 0 unspecified atom stereocenters. The molecule has 15 heavy (non-hydrogen) atoms. The van der Waals surface area contributed by atoms with E-state index in [1.54, 1.807) is 24.3 Å². The van der Waals surface area contributed by atoms with Gasteiger partial charge in [0.2, 0.25) is 11.8 Å². The highest BCUT2D eigenvalue weighted by molar-refractivity contribution is 7.99. The van der Waals surface area contributed by atoms with Crippen molar-refractivity contribution in [2.75, 3.05) is 17.3 Å². The van der Waals surface area contributed by atoms with Crippen molar-refractivity contribution in [3.63, 3.8) is 0 Å². The van der Waals surface area contributed by atoms with Crippen molar-refractivity contribution in [1.82, 2.24) is 0 Å². The first-order chi connectivity index (χ1) is 7.13. The lowest BCUT2D eigenvalue weighted by Crippen LogP contribution is -2.15. The van der Waals surface area contributed by atoms with Crippen molar-refractivity contribution < 1.29 is 9.59 Å². The summed E-state index contributed by atoms with van der Waals surface area (Å²) >= 11 is 1.44. The number of anilines is 1. The van der Waals surface area contributed by atoms with E-state index in [1.165, 1.54) is 11.8 Å². The summed E-state index contributed by atoms with van der Waals surface area (Å²) in [5, 5.41) is 2.67. The number of rotatable bonds is 4. The molecule has 0 aliphatic rings. The number of primary amides is 1. The molecular weight excluding hydrogens is 212 g/mol. The third-order valence-electron chi connectivity index (χ3n) is 1.71. The van der Waals surface area contributed by atoms with Gasteiger partial charge < -0.3 is 11.1 Å². The zero-order valence-electron chi connectivity index (χ0n) is 8.32. The number of nitrogens with two attached hydrogens (primary N) is 1. The second kappa shape index (κ2) is 5.41. The number of benzene rings is 1. The Bertz CT molecular complexity index is 379. The van der Waals surface area contributed by atoms with E-state index in [1.807, 2.05) is 6.26 Å². The van der Waals surface area contributed by atoms with Crippen LogP contribution in [-0.4, -0.2) is 23.8 Å². The monoisotopic (exact) mass is 224 g/mol. The lowest BCUT2D eigenvalue weighted by molar-refractivity contribution is -0.113. The van der Waals surface area contributed by atoms with Gasteiger partial charge in [-0.1, -0.05) is 6.07 Å². The van der Waals surface area contributed by atoms with Crippen molar-refractivity contribution in [3.05, 3.63) is 29.8 Å². The summed E-state index contributed by atoms with van der Waals surface area (Å²) in [5.74, 6) is -0.207. The van der Waals surface area contributed by atoms with Gasteiger partial charge in [0.25, 0.3) is 0 Å². The molecule has 0 saturated carbocycles. The molecule has 0 fully saturated rings. The second-order valence-electron chi connectivity index (χ2n) is 2.93. The molecule has 1 aromatic carbocycles. The Hall–Kier alpha value is -1.49. The zero-order valence-corrected chi connectivity index (χ0v) is 9.14. The van der Waals surface area contributed by atoms with Gasteiger partial charge >= 0.3 is 0 Å². The molecule has 0 spiro atoms. The van der Waals surface area contributed by atoms with Crippen molar-refractivity contribution in [2.45, 2.75) is 0 Å². The van der Waals surface area contributed by atoms with Gasteiger partial charge in [0.15, 0.2) is 0 Å². The summed E-state index contributed by atoms with van der Waals surface area (Å²) in [5.41, 5.74) is 6.09. The van der Waals surface area contributed by atoms with Gasteiger partial charge in [-0.3, -0.25) is 9.59 Å². The topological polar surface area (TPSA) is 72.2 Å². The number of hydrogen-bond acceptors (Lipinski definition) is 3. The summed E-state index contributed by atoms with van der Waals surface area (Å²) < 4.78 is 0. The van der Waals surface area contributed by atoms with Crippen LogP contribution in [0.2, 0.25) is 0 Å². The summed E-state index contributed by atoms with van der Waals surface area (Å²) in [6, 6.07) is 6.55. The van der Waals surface area contributed by atoms with Crippen LogP contribution >= 0.6 is 11.8 Å². The molecular formula is C10H12N2O2S. The number of nitrogens with one attached hydrogen (secondary N) is 1. The van der Waals surface area contributed by atoms with Gasteiger partial charge in [0, 0.05) is 11.3 Å². The van der Waals surface area contributed by atoms with Gasteiger partial charge in [0.1, 0.15) is 0 Å². The lowest BCUT2D eigenvalue weighted by atomic mass is 10.2. The second-order valence-corrected chi connectivity index (χ2v) is 3.79. The van der Waals surface area contributed by atoms with Crippen molar-refractivity contribution in [1.29, 1.82) is 0 Å². The van der Waals surface area contributed by atoms with E-state index < -0.39 is 5.91 Å². The summed E-state index contributed by atoms with van der Waals surface area (Å²) in [6.45, 7) is 0. The minimum absolute atomic E-state index is 0.0934. The molecule has 0 heterocycles. The third kappa shape index (κ3) is 3.63. The normalized spacial score (nSPS) is 9.67.